The van der Waals surface area contributed by atoms with E-state index in [1.54, 1.807) is 0 Å². The second-order valence-corrected chi connectivity index (χ2v) is 10.2. The molecule has 1 aromatic rings. The summed E-state index contributed by atoms with van der Waals surface area (Å²) >= 11 is 0.594. The van der Waals surface area contributed by atoms with E-state index in [4.69, 9.17) is 5.73 Å². The van der Waals surface area contributed by atoms with Gasteiger partial charge >= 0.3 is 5.69 Å². The smallest absolute Gasteiger partial charge is 0.304 e. The minimum atomic E-state index is -4.00. The van der Waals surface area contributed by atoms with Crippen molar-refractivity contribution in [3.8, 4) is 0 Å². The molecule has 0 aliphatic carbocycles. The van der Waals surface area contributed by atoms with Crippen molar-refractivity contribution in [3.63, 3.8) is 0 Å². The van der Waals surface area contributed by atoms with Gasteiger partial charge in [-0.2, -0.15) is 4.31 Å². The minimum Gasteiger partial charge on any atom is -0.385 e. The Hall–Kier alpha value is -1.24. The van der Waals surface area contributed by atoms with Crippen LogP contribution in [0.3, 0.4) is 0 Å². The van der Waals surface area contributed by atoms with Crippen LogP contribution >= 0.6 is 11.3 Å². The van der Waals surface area contributed by atoms with E-state index in [1.807, 2.05) is 0 Å². The molecule has 0 saturated carbocycles. The highest BCUT2D eigenvalue weighted by Gasteiger charge is 2.38. The number of rotatable bonds is 4. The van der Waals surface area contributed by atoms with Gasteiger partial charge in [-0.25, -0.2) is 16.8 Å². The average molecular weight is 355 g/mol. The normalized spacial score (nSPS) is 21.7. The van der Waals surface area contributed by atoms with Gasteiger partial charge in [0.1, 0.15) is 4.21 Å². The van der Waals surface area contributed by atoms with E-state index in [0.717, 1.165) is 10.4 Å². The number of sulfonamides is 1. The van der Waals surface area contributed by atoms with Crippen LogP contribution in [-0.4, -0.2) is 50.7 Å². The molecule has 2 rings (SSSR count). The molecule has 1 aliphatic heterocycles. The molecule has 1 atom stereocenters. The second-order valence-electron chi connectivity index (χ2n) is 4.65. The molecule has 0 radical (unpaired) electrons. The van der Waals surface area contributed by atoms with E-state index in [2.05, 4.69) is 0 Å². The highest BCUT2D eigenvalue weighted by atomic mass is 32.2. The monoisotopic (exact) mass is 355 g/mol. The molecule has 1 unspecified atom stereocenters. The first kappa shape index (κ1) is 16.1. The van der Waals surface area contributed by atoms with E-state index >= 15 is 0 Å². The Kier molecular flexibility index (Phi) is 3.99. The maximum absolute atomic E-state index is 12.4. The fraction of sp³-hybridized carbons (Fsp3) is 0.556. The summed E-state index contributed by atoms with van der Waals surface area (Å²) in [5, 5.41) is 10.5. The number of anilines is 1. The molecular weight excluding hydrogens is 342 g/mol. The lowest BCUT2D eigenvalue weighted by atomic mass is 10.3. The van der Waals surface area contributed by atoms with E-state index in [-0.39, 0.29) is 27.1 Å². The molecule has 21 heavy (non-hydrogen) atoms. The van der Waals surface area contributed by atoms with Crippen molar-refractivity contribution in [1.82, 2.24) is 4.31 Å². The number of sulfone groups is 1. The van der Waals surface area contributed by atoms with Crippen LogP contribution < -0.4 is 5.73 Å². The summed E-state index contributed by atoms with van der Waals surface area (Å²) in [6, 6.07) is 0.234. The molecule has 0 spiro atoms. The Bertz CT molecular complexity index is 782. The number of hydrogen-bond donors (Lipinski definition) is 1. The third kappa shape index (κ3) is 3.02. The van der Waals surface area contributed by atoms with E-state index in [9.17, 15) is 26.9 Å². The van der Waals surface area contributed by atoms with Crippen molar-refractivity contribution in [2.45, 2.75) is 16.7 Å². The molecule has 1 saturated heterocycles. The van der Waals surface area contributed by atoms with Crippen LogP contribution in [0.5, 0.6) is 0 Å². The van der Waals surface area contributed by atoms with Crippen LogP contribution in [0.4, 0.5) is 10.7 Å². The first-order chi connectivity index (χ1) is 9.54. The fourth-order valence-electron chi connectivity index (χ4n) is 2.04. The third-order valence-corrected chi connectivity index (χ3v) is 8.33. The Morgan fingerprint density at radius 3 is 2.57 bits per heavy atom. The van der Waals surface area contributed by atoms with Crippen molar-refractivity contribution in [1.29, 1.82) is 0 Å². The molecule has 1 fully saturated rings. The summed E-state index contributed by atoms with van der Waals surface area (Å²) in [6.45, 7) is 0. The van der Waals surface area contributed by atoms with Crippen molar-refractivity contribution in [2.75, 3.05) is 24.3 Å². The Morgan fingerprint density at radius 2 is 2.14 bits per heavy atom. The largest absolute Gasteiger partial charge is 0.385 e. The first-order valence-corrected chi connectivity index (χ1v) is 9.84. The van der Waals surface area contributed by atoms with Crippen LogP contribution in [0.25, 0.3) is 0 Å². The number of nitrogen functional groups attached to an aromatic ring is 1. The number of nitrogens with two attached hydrogens (primary N) is 1. The molecule has 9 nitrogen and oxygen atoms in total. The van der Waals surface area contributed by atoms with Crippen LogP contribution in [-0.2, 0) is 19.9 Å². The Balaban J connectivity index is 2.34. The van der Waals surface area contributed by atoms with Gasteiger partial charge in [0, 0.05) is 19.2 Å². The van der Waals surface area contributed by atoms with E-state index in [0.29, 0.717) is 11.3 Å². The van der Waals surface area contributed by atoms with Crippen molar-refractivity contribution in [3.05, 3.63) is 16.2 Å². The molecule has 12 heteroatoms. The van der Waals surface area contributed by atoms with Crippen molar-refractivity contribution in [2.24, 2.45) is 0 Å². The summed E-state index contributed by atoms with van der Waals surface area (Å²) in [5.74, 6) is -0.310. The van der Waals surface area contributed by atoms with Gasteiger partial charge in [0.25, 0.3) is 10.0 Å². The standard InChI is InChI=1S/C9H13N3O6S3/c1-11(6-2-3-20(15,16)5-6)21(17,18)8-4-7(12(13)14)9(10)19-8/h4,6H,2-3,5,10H2,1H3. The van der Waals surface area contributed by atoms with Gasteiger partial charge in [-0.1, -0.05) is 11.3 Å². The molecule has 0 aromatic carbocycles. The summed E-state index contributed by atoms with van der Waals surface area (Å²) in [4.78, 5) is 9.96. The predicted molar refractivity (Wildman–Crippen MR) is 77.4 cm³/mol. The maximum Gasteiger partial charge on any atom is 0.304 e. The summed E-state index contributed by atoms with van der Waals surface area (Å²) in [5.41, 5.74) is 4.97. The molecule has 2 N–H and O–H groups in total. The average Bonchev–Trinajstić information content (AvgIpc) is 2.91. The van der Waals surface area contributed by atoms with Crippen molar-refractivity contribution < 1.29 is 21.8 Å². The third-order valence-electron chi connectivity index (χ3n) is 3.27. The highest BCUT2D eigenvalue weighted by molar-refractivity contribution is 7.92. The van der Waals surface area contributed by atoms with Crippen LogP contribution in [0.2, 0.25) is 0 Å². The first-order valence-electron chi connectivity index (χ1n) is 5.77. The number of thiophene rings is 1. The lowest BCUT2D eigenvalue weighted by Gasteiger charge is -2.21. The molecule has 1 aliphatic rings. The van der Waals surface area contributed by atoms with Crippen LogP contribution in [0.1, 0.15) is 6.42 Å². The number of hydrogen-bond acceptors (Lipinski definition) is 8. The fourth-order valence-corrected chi connectivity index (χ4v) is 6.70. The molecule has 2 heterocycles. The minimum absolute atomic E-state index is 0.0652. The van der Waals surface area contributed by atoms with Gasteiger partial charge in [-0.05, 0) is 6.42 Å². The summed E-state index contributed by atoms with van der Waals surface area (Å²) in [6.07, 6.45) is 0.209. The number of nitro groups is 1. The Labute approximate surface area is 125 Å². The van der Waals surface area contributed by atoms with E-state index < -0.39 is 36.5 Å². The van der Waals surface area contributed by atoms with Gasteiger partial charge in [0.05, 0.1) is 16.4 Å². The van der Waals surface area contributed by atoms with Crippen LogP contribution in [0.15, 0.2) is 10.3 Å². The molecule has 0 bridgehead atoms. The maximum atomic E-state index is 12.4. The SMILES string of the molecule is CN(C1CCS(=O)(=O)C1)S(=O)(=O)c1cc([N+](=O)[O-])c(N)s1. The van der Waals surface area contributed by atoms with E-state index in [1.165, 1.54) is 7.05 Å². The second kappa shape index (κ2) is 5.19. The topological polar surface area (TPSA) is 141 Å². The lowest BCUT2D eigenvalue weighted by molar-refractivity contribution is -0.383. The predicted octanol–water partition coefficient (Wildman–Crippen LogP) is 0.0461. The van der Waals surface area contributed by atoms with Gasteiger partial charge in [0.15, 0.2) is 14.8 Å². The quantitative estimate of drug-likeness (QED) is 0.594. The molecular formula is C9H13N3O6S3. The summed E-state index contributed by atoms with van der Waals surface area (Å²) < 4.78 is 48.3. The van der Waals surface area contributed by atoms with Crippen LogP contribution in [0, 0.1) is 10.1 Å². The van der Waals surface area contributed by atoms with Gasteiger partial charge in [-0.3, -0.25) is 10.1 Å². The zero-order valence-electron chi connectivity index (χ0n) is 10.9. The summed E-state index contributed by atoms with van der Waals surface area (Å²) in [7, 11) is -5.97. The molecule has 0 amide bonds. The number of nitrogens with zero attached hydrogens (tertiary/aromatic N) is 2. The zero-order valence-corrected chi connectivity index (χ0v) is 13.4. The zero-order chi connectivity index (χ0) is 16.0. The van der Waals surface area contributed by atoms with Gasteiger partial charge in [0.2, 0.25) is 0 Å². The van der Waals surface area contributed by atoms with Gasteiger partial charge in [-0.15, -0.1) is 0 Å². The Morgan fingerprint density at radius 1 is 1.52 bits per heavy atom. The molecule has 1 aromatic heterocycles. The van der Waals surface area contributed by atoms with Crippen molar-refractivity contribution >= 4 is 41.9 Å². The van der Waals surface area contributed by atoms with Gasteiger partial charge < -0.3 is 5.73 Å². The lowest BCUT2D eigenvalue weighted by Crippen LogP contribution is -2.37. The highest BCUT2D eigenvalue weighted by Crippen LogP contribution is 2.36. The molecule has 118 valence electrons.